The van der Waals surface area contributed by atoms with E-state index in [4.69, 9.17) is 16.3 Å². The maximum atomic E-state index is 6.06. The molecule has 0 saturated carbocycles. The van der Waals surface area contributed by atoms with E-state index in [0.29, 0.717) is 11.1 Å². The van der Waals surface area contributed by atoms with Crippen LogP contribution in [0.4, 0.5) is 5.82 Å². The van der Waals surface area contributed by atoms with Gasteiger partial charge in [-0.05, 0) is 38.8 Å². The van der Waals surface area contributed by atoms with Gasteiger partial charge < -0.3 is 10.1 Å². The zero-order valence-corrected chi connectivity index (χ0v) is 10.4. The highest BCUT2D eigenvalue weighted by Crippen LogP contribution is 2.27. The fourth-order valence-corrected chi connectivity index (χ4v) is 2.22. The highest BCUT2D eigenvalue weighted by molar-refractivity contribution is 6.32. The number of ether oxygens (including phenoxy) is 1. The zero-order valence-electron chi connectivity index (χ0n) is 9.66. The molecule has 2 heterocycles. The van der Waals surface area contributed by atoms with Crippen LogP contribution in [0.15, 0.2) is 18.3 Å². The first-order chi connectivity index (χ1) is 7.57. The molecule has 1 aliphatic rings. The third kappa shape index (κ3) is 2.86. The Morgan fingerprint density at radius 1 is 1.56 bits per heavy atom. The van der Waals surface area contributed by atoms with Crippen molar-refractivity contribution in [3.8, 4) is 0 Å². The maximum absolute atomic E-state index is 6.06. The summed E-state index contributed by atoms with van der Waals surface area (Å²) in [6, 6.07) is 4.07. The molecule has 0 radical (unpaired) electrons. The molecule has 88 valence electrons. The summed E-state index contributed by atoms with van der Waals surface area (Å²) in [4.78, 5) is 4.24. The van der Waals surface area contributed by atoms with E-state index in [2.05, 4.69) is 24.1 Å². The molecule has 0 aromatic carbocycles. The minimum absolute atomic E-state index is 0.0584. The Hall–Kier alpha value is -0.800. The molecule has 0 bridgehead atoms. The number of aromatic nitrogens is 1. The SMILES string of the molecule is CC1(C)CC(Nc2ncccc2Cl)CCO1. The molecule has 3 nitrogen and oxygen atoms in total. The maximum Gasteiger partial charge on any atom is 0.144 e. The van der Waals surface area contributed by atoms with E-state index in [9.17, 15) is 0 Å². The lowest BCUT2D eigenvalue weighted by molar-refractivity contribution is -0.0553. The number of hydrogen-bond acceptors (Lipinski definition) is 3. The van der Waals surface area contributed by atoms with E-state index >= 15 is 0 Å². The van der Waals surface area contributed by atoms with Crippen LogP contribution in [0.5, 0.6) is 0 Å². The number of nitrogens with zero attached hydrogens (tertiary/aromatic N) is 1. The van der Waals surface area contributed by atoms with Crippen LogP contribution in [0, 0.1) is 0 Å². The molecule has 2 rings (SSSR count). The average Bonchev–Trinajstić information content (AvgIpc) is 2.20. The van der Waals surface area contributed by atoms with Gasteiger partial charge in [0.15, 0.2) is 0 Å². The average molecular weight is 241 g/mol. The lowest BCUT2D eigenvalue weighted by Crippen LogP contribution is -2.40. The zero-order chi connectivity index (χ0) is 11.6. The highest BCUT2D eigenvalue weighted by atomic mass is 35.5. The van der Waals surface area contributed by atoms with Gasteiger partial charge in [-0.25, -0.2) is 4.98 Å². The number of hydrogen-bond donors (Lipinski definition) is 1. The highest BCUT2D eigenvalue weighted by Gasteiger charge is 2.29. The summed E-state index contributed by atoms with van der Waals surface area (Å²) in [7, 11) is 0. The van der Waals surface area contributed by atoms with Crippen LogP contribution in [-0.2, 0) is 4.74 Å². The van der Waals surface area contributed by atoms with Gasteiger partial charge in [0.1, 0.15) is 5.82 Å². The van der Waals surface area contributed by atoms with Crippen LogP contribution in [0.3, 0.4) is 0 Å². The first kappa shape index (κ1) is 11.7. The second-order valence-electron chi connectivity index (χ2n) is 4.78. The molecule has 1 aliphatic heterocycles. The summed E-state index contributed by atoms with van der Waals surface area (Å²) in [6.45, 7) is 5.01. The van der Waals surface area contributed by atoms with Gasteiger partial charge in [-0.15, -0.1) is 0 Å². The lowest BCUT2D eigenvalue weighted by Gasteiger charge is -2.36. The first-order valence-corrected chi connectivity index (χ1v) is 5.96. The molecular weight excluding hydrogens is 224 g/mol. The Morgan fingerprint density at radius 3 is 3.06 bits per heavy atom. The van der Waals surface area contributed by atoms with Crippen molar-refractivity contribution >= 4 is 17.4 Å². The molecule has 1 saturated heterocycles. The number of anilines is 1. The van der Waals surface area contributed by atoms with Gasteiger partial charge in [0, 0.05) is 18.8 Å². The Morgan fingerprint density at radius 2 is 2.38 bits per heavy atom. The van der Waals surface area contributed by atoms with E-state index in [1.54, 1.807) is 6.20 Å². The molecule has 1 atom stereocenters. The molecule has 16 heavy (non-hydrogen) atoms. The fraction of sp³-hybridized carbons (Fsp3) is 0.583. The van der Waals surface area contributed by atoms with Gasteiger partial charge in [-0.2, -0.15) is 0 Å². The van der Waals surface area contributed by atoms with Gasteiger partial charge in [0.2, 0.25) is 0 Å². The second-order valence-corrected chi connectivity index (χ2v) is 5.18. The summed E-state index contributed by atoms with van der Waals surface area (Å²) in [5.41, 5.74) is -0.0584. The van der Waals surface area contributed by atoms with E-state index < -0.39 is 0 Å². The third-order valence-corrected chi connectivity index (χ3v) is 3.10. The minimum atomic E-state index is -0.0584. The molecule has 1 N–H and O–H groups in total. The summed E-state index contributed by atoms with van der Waals surface area (Å²) in [5.74, 6) is 0.770. The quantitative estimate of drug-likeness (QED) is 0.863. The van der Waals surface area contributed by atoms with E-state index in [0.717, 1.165) is 25.3 Å². The predicted octanol–water partition coefficient (Wildman–Crippen LogP) is 3.10. The predicted molar refractivity (Wildman–Crippen MR) is 65.9 cm³/mol. The van der Waals surface area contributed by atoms with E-state index in [1.807, 2.05) is 12.1 Å². The van der Waals surface area contributed by atoms with Crippen molar-refractivity contribution in [2.24, 2.45) is 0 Å². The molecule has 0 amide bonds. The normalized spacial score (nSPS) is 24.1. The second kappa shape index (κ2) is 4.60. The van der Waals surface area contributed by atoms with Crippen LogP contribution in [0.25, 0.3) is 0 Å². The summed E-state index contributed by atoms with van der Waals surface area (Å²) in [6.07, 6.45) is 3.72. The van der Waals surface area contributed by atoms with E-state index in [1.165, 1.54) is 0 Å². The van der Waals surface area contributed by atoms with Crippen molar-refractivity contribution in [1.82, 2.24) is 4.98 Å². The van der Waals surface area contributed by atoms with Crippen LogP contribution in [0.1, 0.15) is 26.7 Å². The number of rotatable bonds is 2. The van der Waals surface area contributed by atoms with Crippen LogP contribution < -0.4 is 5.32 Å². The molecule has 1 fully saturated rings. The number of halogens is 1. The van der Waals surface area contributed by atoms with Crippen molar-refractivity contribution in [2.75, 3.05) is 11.9 Å². The van der Waals surface area contributed by atoms with Crippen molar-refractivity contribution < 1.29 is 4.74 Å². The van der Waals surface area contributed by atoms with Gasteiger partial charge >= 0.3 is 0 Å². The smallest absolute Gasteiger partial charge is 0.144 e. The first-order valence-electron chi connectivity index (χ1n) is 5.58. The largest absolute Gasteiger partial charge is 0.375 e. The summed E-state index contributed by atoms with van der Waals surface area (Å²) in [5, 5.41) is 4.05. The monoisotopic (exact) mass is 240 g/mol. The molecule has 0 aliphatic carbocycles. The summed E-state index contributed by atoms with van der Waals surface area (Å²) < 4.78 is 5.67. The van der Waals surface area contributed by atoms with Crippen LogP contribution >= 0.6 is 11.6 Å². The number of pyridine rings is 1. The van der Waals surface area contributed by atoms with Crippen molar-refractivity contribution in [3.05, 3.63) is 23.4 Å². The van der Waals surface area contributed by atoms with Crippen LogP contribution in [0.2, 0.25) is 5.02 Å². The van der Waals surface area contributed by atoms with Crippen molar-refractivity contribution in [1.29, 1.82) is 0 Å². The molecule has 4 heteroatoms. The molecular formula is C12H17ClN2O. The van der Waals surface area contributed by atoms with Gasteiger partial charge in [0.25, 0.3) is 0 Å². The Bertz CT molecular complexity index is 368. The Labute approximate surface area is 101 Å². The molecule has 1 aromatic rings. The van der Waals surface area contributed by atoms with Gasteiger partial charge in [-0.3, -0.25) is 0 Å². The van der Waals surface area contributed by atoms with Crippen molar-refractivity contribution in [2.45, 2.75) is 38.3 Å². The van der Waals surface area contributed by atoms with Crippen molar-refractivity contribution in [3.63, 3.8) is 0 Å². The Kier molecular flexibility index (Phi) is 3.36. The molecule has 0 spiro atoms. The lowest BCUT2D eigenvalue weighted by atomic mass is 9.94. The van der Waals surface area contributed by atoms with Gasteiger partial charge in [-0.1, -0.05) is 11.6 Å². The third-order valence-electron chi connectivity index (χ3n) is 2.80. The standard InChI is InChI=1S/C12H17ClN2O/c1-12(2)8-9(5-7-16-12)15-11-10(13)4-3-6-14-11/h3-4,6,9H,5,7-8H2,1-2H3,(H,14,15). The van der Waals surface area contributed by atoms with Crippen LogP contribution in [-0.4, -0.2) is 23.2 Å². The minimum Gasteiger partial charge on any atom is -0.375 e. The molecule has 1 unspecified atom stereocenters. The Balaban J connectivity index is 2.02. The fourth-order valence-electron chi connectivity index (χ4n) is 2.04. The number of nitrogens with one attached hydrogen (secondary N) is 1. The topological polar surface area (TPSA) is 34.2 Å². The van der Waals surface area contributed by atoms with Gasteiger partial charge in [0.05, 0.1) is 10.6 Å². The summed E-state index contributed by atoms with van der Waals surface area (Å²) >= 11 is 6.06. The molecule has 1 aromatic heterocycles. The van der Waals surface area contributed by atoms with E-state index in [-0.39, 0.29) is 5.60 Å².